The van der Waals surface area contributed by atoms with Crippen molar-refractivity contribution in [2.45, 2.75) is 37.8 Å². The second-order valence-electron chi connectivity index (χ2n) is 5.51. The monoisotopic (exact) mass is 260 g/mol. The van der Waals surface area contributed by atoms with Crippen molar-refractivity contribution in [3.05, 3.63) is 29.8 Å². The molecule has 1 fully saturated rings. The summed E-state index contributed by atoms with van der Waals surface area (Å²) in [4.78, 5) is 4.69. The van der Waals surface area contributed by atoms with Gasteiger partial charge in [0.05, 0.1) is 6.04 Å². The van der Waals surface area contributed by atoms with Gasteiger partial charge in [0.25, 0.3) is 0 Å². The number of phenols is 1. The maximum absolute atomic E-state index is 9.47. The number of aromatic hydroxyl groups is 1. The highest BCUT2D eigenvalue weighted by Crippen LogP contribution is 2.32. The summed E-state index contributed by atoms with van der Waals surface area (Å²) in [6.07, 6.45) is 4.15. The second kappa shape index (κ2) is 5.21. The molecule has 1 heterocycles. The molecule has 1 aromatic carbocycles. The maximum atomic E-state index is 9.47. The van der Waals surface area contributed by atoms with Gasteiger partial charge in [-0.05, 0) is 49.4 Å². The van der Waals surface area contributed by atoms with Crippen LogP contribution >= 0.6 is 0 Å². The largest absolute Gasteiger partial charge is 0.508 e. The van der Waals surface area contributed by atoms with Crippen LogP contribution in [0.15, 0.2) is 29.3 Å². The van der Waals surface area contributed by atoms with Crippen molar-refractivity contribution < 1.29 is 9.84 Å². The molecule has 102 valence electrons. The molecule has 0 spiro atoms. The molecule has 4 heteroatoms. The fraction of sp³-hybridized carbons (Fsp3) is 0.533. The van der Waals surface area contributed by atoms with Crippen LogP contribution in [0.1, 0.15) is 24.8 Å². The predicted octanol–water partition coefficient (Wildman–Crippen LogP) is 1.86. The molecule has 0 aromatic heterocycles. The van der Waals surface area contributed by atoms with Gasteiger partial charge in [0.2, 0.25) is 0 Å². The average molecular weight is 260 g/mol. The van der Waals surface area contributed by atoms with E-state index in [1.165, 1.54) is 0 Å². The molecule has 3 N–H and O–H groups in total. The molecule has 3 atom stereocenters. The van der Waals surface area contributed by atoms with Crippen molar-refractivity contribution in [2.75, 3.05) is 6.54 Å². The first kappa shape index (κ1) is 12.5. The van der Waals surface area contributed by atoms with E-state index in [9.17, 15) is 5.11 Å². The third-order valence-electron chi connectivity index (χ3n) is 4.06. The number of nitrogens with two attached hydrogens (primary N) is 1. The van der Waals surface area contributed by atoms with Crippen LogP contribution in [0.2, 0.25) is 0 Å². The van der Waals surface area contributed by atoms with Gasteiger partial charge in [-0.15, -0.1) is 0 Å². The fourth-order valence-corrected chi connectivity index (χ4v) is 3.01. The van der Waals surface area contributed by atoms with Crippen molar-refractivity contribution in [2.24, 2.45) is 16.6 Å². The zero-order valence-corrected chi connectivity index (χ0v) is 11.0. The SMILES string of the molecule is NCC1CCC2OC(Cc3cccc(O)c3)=NC2C1. The maximum Gasteiger partial charge on any atom is 0.188 e. The lowest BCUT2D eigenvalue weighted by Crippen LogP contribution is -2.33. The van der Waals surface area contributed by atoms with E-state index in [1.54, 1.807) is 12.1 Å². The Morgan fingerprint density at radius 1 is 1.37 bits per heavy atom. The quantitative estimate of drug-likeness (QED) is 0.871. The molecular weight excluding hydrogens is 240 g/mol. The molecular formula is C15H20N2O2. The van der Waals surface area contributed by atoms with Crippen LogP contribution in [0.25, 0.3) is 0 Å². The van der Waals surface area contributed by atoms with E-state index >= 15 is 0 Å². The van der Waals surface area contributed by atoms with Crippen molar-refractivity contribution >= 4 is 5.90 Å². The fourth-order valence-electron chi connectivity index (χ4n) is 3.01. The summed E-state index contributed by atoms with van der Waals surface area (Å²) in [5.41, 5.74) is 6.78. The van der Waals surface area contributed by atoms with Crippen molar-refractivity contribution in [3.63, 3.8) is 0 Å². The lowest BCUT2D eigenvalue weighted by atomic mass is 9.84. The number of ether oxygens (including phenoxy) is 1. The minimum absolute atomic E-state index is 0.245. The van der Waals surface area contributed by atoms with E-state index in [0.29, 0.717) is 12.3 Å². The Kier molecular flexibility index (Phi) is 3.42. The number of hydrogen-bond acceptors (Lipinski definition) is 4. The van der Waals surface area contributed by atoms with E-state index < -0.39 is 0 Å². The number of fused-ring (bicyclic) bond motifs is 1. The van der Waals surface area contributed by atoms with Gasteiger partial charge in [0.1, 0.15) is 11.9 Å². The number of hydrogen-bond donors (Lipinski definition) is 2. The molecule has 3 rings (SSSR count). The van der Waals surface area contributed by atoms with Crippen LogP contribution in [0.5, 0.6) is 5.75 Å². The van der Waals surface area contributed by atoms with Crippen molar-refractivity contribution in [1.29, 1.82) is 0 Å². The zero-order valence-electron chi connectivity index (χ0n) is 11.0. The molecule has 0 amide bonds. The third kappa shape index (κ3) is 2.73. The van der Waals surface area contributed by atoms with Gasteiger partial charge in [-0.1, -0.05) is 12.1 Å². The van der Waals surface area contributed by atoms with Gasteiger partial charge < -0.3 is 15.6 Å². The second-order valence-corrected chi connectivity index (χ2v) is 5.51. The molecule has 19 heavy (non-hydrogen) atoms. The Hall–Kier alpha value is -1.55. The molecule has 0 radical (unpaired) electrons. The van der Waals surface area contributed by atoms with Crippen LogP contribution in [0, 0.1) is 5.92 Å². The van der Waals surface area contributed by atoms with Crippen LogP contribution in [0.3, 0.4) is 0 Å². The summed E-state index contributed by atoms with van der Waals surface area (Å²) in [6, 6.07) is 7.55. The molecule has 4 nitrogen and oxygen atoms in total. The molecule has 1 saturated carbocycles. The van der Waals surface area contributed by atoms with Crippen LogP contribution in [-0.4, -0.2) is 29.7 Å². The molecule has 1 aliphatic carbocycles. The zero-order chi connectivity index (χ0) is 13.2. The van der Waals surface area contributed by atoms with Gasteiger partial charge in [-0.2, -0.15) is 0 Å². The minimum atomic E-state index is 0.245. The summed E-state index contributed by atoms with van der Waals surface area (Å²) in [6.45, 7) is 0.751. The average Bonchev–Trinajstić information content (AvgIpc) is 2.79. The number of phenolic OH excluding ortho intramolecular Hbond substituents is 1. The number of aliphatic imine (C=N–C) groups is 1. The Labute approximate surface area is 113 Å². The minimum Gasteiger partial charge on any atom is -0.508 e. The topological polar surface area (TPSA) is 67.8 Å². The molecule has 3 unspecified atom stereocenters. The van der Waals surface area contributed by atoms with E-state index in [2.05, 4.69) is 0 Å². The summed E-state index contributed by atoms with van der Waals surface area (Å²) < 4.78 is 5.93. The van der Waals surface area contributed by atoms with Crippen LogP contribution in [0.4, 0.5) is 0 Å². The highest BCUT2D eigenvalue weighted by Gasteiger charge is 2.36. The summed E-state index contributed by atoms with van der Waals surface area (Å²) in [7, 11) is 0. The van der Waals surface area contributed by atoms with Gasteiger partial charge in [0, 0.05) is 6.42 Å². The van der Waals surface area contributed by atoms with E-state index in [4.69, 9.17) is 15.5 Å². The number of nitrogens with zero attached hydrogens (tertiary/aromatic N) is 1. The number of rotatable bonds is 3. The Morgan fingerprint density at radius 2 is 2.26 bits per heavy atom. The summed E-state index contributed by atoms with van der Waals surface area (Å²) in [5.74, 6) is 1.68. The first-order valence-electron chi connectivity index (χ1n) is 6.96. The molecule has 2 aliphatic rings. The first-order chi connectivity index (χ1) is 9.24. The van der Waals surface area contributed by atoms with E-state index in [1.807, 2.05) is 12.1 Å². The van der Waals surface area contributed by atoms with Crippen molar-refractivity contribution in [3.8, 4) is 5.75 Å². The Bertz CT molecular complexity index is 487. The van der Waals surface area contributed by atoms with Crippen LogP contribution in [-0.2, 0) is 11.2 Å². The first-order valence-corrected chi connectivity index (χ1v) is 6.96. The lowest BCUT2D eigenvalue weighted by Gasteiger charge is -2.28. The summed E-state index contributed by atoms with van der Waals surface area (Å²) in [5, 5.41) is 9.47. The van der Waals surface area contributed by atoms with E-state index in [-0.39, 0.29) is 17.9 Å². The summed E-state index contributed by atoms with van der Waals surface area (Å²) >= 11 is 0. The van der Waals surface area contributed by atoms with Gasteiger partial charge >= 0.3 is 0 Å². The van der Waals surface area contributed by atoms with Gasteiger partial charge in [-0.25, -0.2) is 4.99 Å². The van der Waals surface area contributed by atoms with Crippen LogP contribution < -0.4 is 5.73 Å². The Morgan fingerprint density at radius 3 is 3.05 bits per heavy atom. The van der Waals surface area contributed by atoms with Gasteiger partial charge in [-0.3, -0.25) is 0 Å². The smallest absolute Gasteiger partial charge is 0.188 e. The third-order valence-corrected chi connectivity index (χ3v) is 4.06. The standard InChI is InChI=1S/C15H20N2O2/c16-9-11-4-5-14-13(7-11)17-15(19-14)8-10-2-1-3-12(18)6-10/h1-3,6,11,13-14,18H,4-5,7-9,16H2. The molecule has 1 aliphatic heterocycles. The van der Waals surface area contributed by atoms with Gasteiger partial charge in [0.15, 0.2) is 5.90 Å². The number of benzene rings is 1. The predicted molar refractivity (Wildman–Crippen MR) is 74.3 cm³/mol. The molecule has 0 saturated heterocycles. The Balaban J connectivity index is 1.67. The van der Waals surface area contributed by atoms with E-state index in [0.717, 1.165) is 37.3 Å². The highest BCUT2D eigenvalue weighted by molar-refractivity contribution is 5.80. The molecule has 1 aromatic rings. The van der Waals surface area contributed by atoms with Crippen molar-refractivity contribution in [1.82, 2.24) is 0 Å². The normalized spacial score (nSPS) is 29.5. The molecule has 0 bridgehead atoms. The highest BCUT2D eigenvalue weighted by atomic mass is 16.5. The lowest BCUT2D eigenvalue weighted by molar-refractivity contribution is 0.127.